The van der Waals surface area contributed by atoms with Crippen LogP contribution in [0.4, 0.5) is 0 Å². The van der Waals surface area contributed by atoms with Gasteiger partial charge >= 0.3 is 0 Å². The number of likely N-dealkylation sites (tertiary alicyclic amines) is 1. The van der Waals surface area contributed by atoms with Crippen LogP contribution in [0.15, 0.2) is 30.5 Å². The van der Waals surface area contributed by atoms with Gasteiger partial charge in [-0.15, -0.1) is 0 Å². The highest BCUT2D eigenvalue weighted by atomic mass is 16.6. The third-order valence-corrected chi connectivity index (χ3v) is 5.09. The van der Waals surface area contributed by atoms with Crippen LogP contribution in [-0.2, 0) is 20.7 Å². The number of rotatable bonds is 4. The highest BCUT2D eigenvalue weighted by molar-refractivity contribution is 5.83. The molecular formula is C19H25N3O3. The molecule has 0 saturated carbocycles. The summed E-state index contributed by atoms with van der Waals surface area (Å²) in [7, 11) is 0. The Balaban J connectivity index is 1.31. The second-order valence-corrected chi connectivity index (χ2v) is 7.01. The van der Waals surface area contributed by atoms with E-state index in [1.165, 1.54) is 23.4 Å². The van der Waals surface area contributed by atoms with Gasteiger partial charge in [-0.2, -0.15) is 0 Å². The standard InChI is InChI=1S/C19H25N3O3/c1-13(23)21-15-11-24-18-9-22(10-19(18)25-12-15)7-6-14-8-20-17-5-3-2-4-16(14)17/h2-5,8,15,18-20H,6-7,9-12H2,1H3,(H,21,23)/t18-,19-/m0/s1. The fourth-order valence-corrected chi connectivity index (χ4v) is 3.84. The van der Waals surface area contributed by atoms with E-state index in [4.69, 9.17) is 9.47 Å². The smallest absolute Gasteiger partial charge is 0.217 e. The highest BCUT2D eigenvalue weighted by Crippen LogP contribution is 2.22. The Morgan fingerprint density at radius 2 is 1.96 bits per heavy atom. The van der Waals surface area contributed by atoms with Gasteiger partial charge in [-0.3, -0.25) is 9.69 Å². The van der Waals surface area contributed by atoms with Crippen LogP contribution in [-0.4, -0.2) is 66.9 Å². The van der Waals surface area contributed by atoms with Crippen LogP contribution >= 0.6 is 0 Å². The average Bonchev–Trinajstić information content (AvgIpc) is 3.14. The van der Waals surface area contributed by atoms with Crippen molar-refractivity contribution in [2.75, 3.05) is 32.8 Å². The number of hydrogen-bond acceptors (Lipinski definition) is 4. The number of ether oxygens (including phenoxy) is 2. The van der Waals surface area contributed by atoms with Crippen LogP contribution in [0.5, 0.6) is 0 Å². The number of aromatic amines is 1. The van der Waals surface area contributed by atoms with E-state index in [1.807, 2.05) is 0 Å². The monoisotopic (exact) mass is 343 g/mol. The van der Waals surface area contributed by atoms with E-state index < -0.39 is 0 Å². The van der Waals surface area contributed by atoms with Gasteiger partial charge in [-0.25, -0.2) is 0 Å². The largest absolute Gasteiger partial charge is 0.372 e. The number of nitrogens with one attached hydrogen (secondary N) is 2. The molecule has 3 heterocycles. The molecule has 2 saturated heterocycles. The molecule has 2 aromatic rings. The number of hydrogen-bond donors (Lipinski definition) is 2. The number of nitrogens with zero attached hydrogens (tertiary/aromatic N) is 1. The third-order valence-electron chi connectivity index (χ3n) is 5.09. The fraction of sp³-hybridized carbons (Fsp3) is 0.526. The molecule has 2 aliphatic heterocycles. The Morgan fingerprint density at radius 1 is 1.24 bits per heavy atom. The van der Waals surface area contributed by atoms with Crippen molar-refractivity contribution in [2.24, 2.45) is 0 Å². The predicted octanol–water partition coefficient (Wildman–Crippen LogP) is 1.31. The molecule has 25 heavy (non-hydrogen) atoms. The fourth-order valence-electron chi connectivity index (χ4n) is 3.84. The maximum Gasteiger partial charge on any atom is 0.217 e. The molecule has 6 heteroatoms. The number of benzene rings is 1. The molecule has 2 atom stereocenters. The van der Waals surface area contributed by atoms with Crippen molar-refractivity contribution >= 4 is 16.8 Å². The molecule has 6 nitrogen and oxygen atoms in total. The molecule has 2 aliphatic rings. The number of carbonyl (C=O) groups is 1. The second-order valence-electron chi connectivity index (χ2n) is 7.01. The first kappa shape index (κ1) is 16.6. The molecule has 1 aromatic carbocycles. The van der Waals surface area contributed by atoms with E-state index in [2.05, 4.69) is 45.7 Å². The Hall–Kier alpha value is -1.89. The molecule has 0 spiro atoms. The minimum atomic E-state index is -0.0391. The van der Waals surface area contributed by atoms with E-state index in [1.54, 1.807) is 0 Å². The Morgan fingerprint density at radius 3 is 2.68 bits per heavy atom. The zero-order valence-corrected chi connectivity index (χ0v) is 14.5. The normalized spacial score (nSPS) is 25.0. The van der Waals surface area contributed by atoms with Gasteiger partial charge in [0.1, 0.15) is 0 Å². The van der Waals surface area contributed by atoms with E-state index in [9.17, 15) is 4.79 Å². The van der Waals surface area contributed by atoms with Crippen molar-refractivity contribution < 1.29 is 14.3 Å². The molecule has 0 radical (unpaired) electrons. The first-order chi connectivity index (χ1) is 12.2. The average molecular weight is 343 g/mol. The summed E-state index contributed by atoms with van der Waals surface area (Å²) in [5.74, 6) is -0.0374. The van der Waals surface area contributed by atoms with Crippen LogP contribution in [0.2, 0.25) is 0 Å². The second kappa shape index (κ2) is 7.15. The molecule has 4 rings (SSSR count). The van der Waals surface area contributed by atoms with E-state index in [0.717, 1.165) is 26.1 Å². The van der Waals surface area contributed by atoms with Gasteiger partial charge in [0.15, 0.2) is 0 Å². The number of aromatic nitrogens is 1. The molecular weight excluding hydrogens is 318 g/mol. The SMILES string of the molecule is CC(=O)NC1CO[C@H]2CN(CCc3c[nH]c4ccccc34)C[C@@H]2OC1. The first-order valence-electron chi connectivity index (χ1n) is 8.96. The molecule has 0 unspecified atom stereocenters. The summed E-state index contributed by atoms with van der Waals surface area (Å²) in [6.45, 7) is 5.35. The van der Waals surface area contributed by atoms with Gasteiger partial charge in [-0.1, -0.05) is 18.2 Å². The summed E-state index contributed by atoms with van der Waals surface area (Å²) in [6, 6.07) is 8.38. The molecule has 1 aromatic heterocycles. The lowest BCUT2D eigenvalue weighted by atomic mass is 10.1. The number of para-hydroxylation sites is 1. The van der Waals surface area contributed by atoms with Crippen molar-refractivity contribution in [2.45, 2.75) is 31.6 Å². The Kier molecular flexibility index (Phi) is 4.74. The maximum atomic E-state index is 11.2. The van der Waals surface area contributed by atoms with E-state index >= 15 is 0 Å². The molecule has 134 valence electrons. The summed E-state index contributed by atoms with van der Waals surface area (Å²) < 4.78 is 12.0. The van der Waals surface area contributed by atoms with Crippen LogP contribution in [0.3, 0.4) is 0 Å². The van der Waals surface area contributed by atoms with E-state index in [0.29, 0.717) is 13.2 Å². The lowest BCUT2D eigenvalue weighted by Gasteiger charge is -2.18. The predicted molar refractivity (Wildman–Crippen MR) is 95.5 cm³/mol. The van der Waals surface area contributed by atoms with Crippen LogP contribution in [0, 0.1) is 0 Å². The molecule has 1 amide bonds. The van der Waals surface area contributed by atoms with Gasteiger partial charge in [0.2, 0.25) is 5.91 Å². The Labute approximate surface area is 147 Å². The van der Waals surface area contributed by atoms with Gasteiger partial charge in [0, 0.05) is 43.7 Å². The number of carbonyl (C=O) groups excluding carboxylic acids is 1. The number of H-pyrrole nitrogens is 1. The van der Waals surface area contributed by atoms with Crippen molar-refractivity contribution in [3.63, 3.8) is 0 Å². The first-order valence-corrected chi connectivity index (χ1v) is 8.96. The molecule has 0 bridgehead atoms. The third kappa shape index (κ3) is 3.71. The van der Waals surface area contributed by atoms with Crippen molar-refractivity contribution in [3.05, 3.63) is 36.0 Å². The maximum absolute atomic E-state index is 11.2. The summed E-state index contributed by atoms with van der Waals surface area (Å²) >= 11 is 0. The summed E-state index contributed by atoms with van der Waals surface area (Å²) in [4.78, 5) is 16.9. The summed E-state index contributed by atoms with van der Waals surface area (Å²) in [6.07, 6.45) is 3.32. The summed E-state index contributed by atoms with van der Waals surface area (Å²) in [5, 5.41) is 4.18. The highest BCUT2D eigenvalue weighted by Gasteiger charge is 2.37. The molecule has 0 aliphatic carbocycles. The topological polar surface area (TPSA) is 66.6 Å². The van der Waals surface area contributed by atoms with Crippen molar-refractivity contribution in [1.29, 1.82) is 0 Å². The zero-order valence-electron chi connectivity index (χ0n) is 14.5. The zero-order chi connectivity index (χ0) is 17.2. The van der Waals surface area contributed by atoms with Crippen LogP contribution in [0.25, 0.3) is 10.9 Å². The van der Waals surface area contributed by atoms with Gasteiger partial charge in [0.25, 0.3) is 0 Å². The number of fused-ring (bicyclic) bond motifs is 2. The molecule has 2 fully saturated rings. The quantitative estimate of drug-likeness (QED) is 0.879. The lowest BCUT2D eigenvalue weighted by molar-refractivity contribution is -0.120. The Bertz CT molecular complexity index is 728. The van der Waals surface area contributed by atoms with Crippen LogP contribution in [0.1, 0.15) is 12.5 Å². The summed E-state index contributed by atoms with van der Waals surface area (Å²) in [5.41, 5.74) is 2.55. The van der Waals surface area contributed by atoms with Crippen LogP contribution < -0.4 is 5.32 Å². The van der Waals surface area contributed by atoms with Gasteiger partial charge in [0.05, 0.1) is 31.5 Å². The van der Waals surface area contributed by atoms with Crippen molar-refractivity contribution in [3.8, 4) is 0 Å². The minimum absolute atomic E-state index is 0.0374. The van der Waals surface area contributed by atoms with E-state index in [-0.39, 0.29) is 24.2 Å². The van der Waals surface area contributed by atoms with Gasteiger partial charge in [-0.05, 0) is 18.1 Å². The van der Waals surface area contributed by atoms with Crippen molar-refractivity contribution in [1.82, 2.24) is 15.2 Å². The minimum Gasteiger partial charge on any atom is -0.372 e. The van der Waals surface area contributed by atoms with Gasteiger partial charge < -0.3 is 19.8 Å². The molecule has 2 N–H and O–H groups in total. The lowest BCUT2D eigenvalue weighted by Crippen LogP contribution is -2.40. The number of amides is 1.